The Kier molecular flexibility index (Phi) is 5.38. The van der Waals surface area contributed by atoms with Gasteiger partial charge in [-0.15, -0.1) is 11.3 Å². The van der Waals surface area contributed by atoms with Crippen molar-refractivity contribution in [2.45, 2.75) is 13.5 Å². The summed E-state index contributed by atoms with van der Waals surface area (Å²) in [5.41, 5.74) is 1.35. The van der Waals surface area contributed by atoms with Crippen molar-refractivity contribution < 1.29 is 18.7 Å². The van der Waals surface area contributed by atoms with Crippen LogP contribution in [0.5, 0.6) is 0 Å². The Hall–Kier alpha value is -3.06. The molecule has 26 heavy (non-hydrogen) atoms. The van der Waals surface area contributed by atoms with E-state index in [4.69, 9.17) is 4.74 Å². The second kappa shape index (κ2) is 7.88. The Bertz CT molecular complexity index is 927. The number of carbonyl (C=O) groups excluding carboxylic acids is 2. The average molecular weight is 370 g/mol. The number of hydrogen-bond donors (Lipinski definition) is 0. The highest BCUT2D eigenvalue weighted by Gasteiger charge is 2.18. The molecule has 0 radical (unpaired) electrons. The Labute approximate surface area is 153 Å². The number of amides is 1. The van der Waals surface area contributed by atoms with E-state index in [0.29, 0.717) is 16.5 Å². The highest BCUT2D eigenvalue weighted by Crippen LogP contribution is 2.28. The molecule has 1 amide bonds. The van der Waals surface area contributed by atoms with Gasteiger partial charge < -0.3 is 4.74 Å². The van der Waals surface area contributed by atoms with Gasteiger partial charge in [-0.1, -0.05) is 24.3 Å². The smallest absolute Gasteiger partial charge is 0.338 e. The van der Waals surface area contributed by atoms with E-state index in [1.54, 1.807) is 5.38 Å². The molecule has 0 spiro atoms. The summed E-state index contributed by atoms with van der Waals surface area (Å²) in [6.07, 6.45) is 0. The van der Waals surface area contributed by atoms with Gasteiger partial charge in [0.25, 0.3) is 0 Å². The molecule has 0 atom stereocenters. The van der Waals surface area contributed by atoms with Crippen molar-refractivity contribution in [3.05, 3.63) is 77.1 Å². The number of carbonyl (C=O) groups is 2. The summed E-state index contributed by atoms with van der Waals surface area (Å²) < 4.78 is 18.3. The zero-order valence-electron chi connectivity index (χ0n) is 13.9. The lowest BCUT2D eigenvalue weighted by atomic mass is 10.2. The van der Waals surface area contributed by atoms with Crippen LogP contribution in [0, 0.1) is 5.82 Å². The van der Waals surface area contributed by atoms with Gasteiger partial charge >= 0.3 is 5.97 Å². The van der Waals surface area contributed by atoms with Gasteiger partial charge in [0.2, 0.25) is 5.91 Å². The maximum absolute atomic E-state index is 13.2. The van der Waals surface area contributed by atoms with Crippen LogP contribution in [-0.4, -0.2) is 16.9 Å². The number of hydrogen-bond acceptors (Lipinski definition) is 5. The number of halogens is 1. The van der Waals surface area contributed by atoms with Crippen LogP contribution in [0.15, 0.2) is 60.0 Å². The summed E-state index contributed by atoms with van der Waals surface area (Å²) in [6, 6.07) is 14.4. The van der Waals surface area contributed by atoms with E-state index in [2.05, 4.69) is 4.98 Å². The van der Waals surface area contributed by atoms with Crippen molar-refractivity contribution in [2.75, 3.05) is 4.90 Å². The molecule has 1 aromatic heterocycles. The van der Waals surface area contributed by atoms with Gasteiger partial charge in [-0.25, -0.2) is 14.2 Å². The molecule has 0 fully saturated rings. The fraction of sp³-hybridized carbons (Fsp3) is 0.105. The van der Waals surface area contributed by atoms with Gasteiger partial charge in [0.1, 0.15) is 12.4 Å². The summed E-state index contributed by atoms with van der Waals surface area (Å²) in [6.45, 7) is 1.39. The molecule has 0 N–H and O–H groups in total. The summed E-state index contributed by atoms with van der Waals surface area (Å²) >= 11 is 1.27. The minimum absolute atomic E-state index is 0.0631. The number of nitrogens with zero attached hydrogens (tertiary/aromatic N) is 2. The fourth-order valence-electron chi connectivity index (χ4n) is 2.31. The first-order valence-electron chi connectivity index (χ1n) is 7.77. The van der Waals surface area contributed by atoms with Crippen molar-refractivity contribution in [3.63, 3.8) is 0 Å². The predicted molar refractivity (Wildman–Crippen MR) is 96.9 cm³/mol. The first kappa shape index (κ1) is 17.8. The summed E-state index contributed by atoms with van der Waals surface area (Å²) in [4.78, 5) is 29.8. The molecule has 0 saturated carbocycles. The first-order chi connectivity index (χ1) is 12.5. The number of benzene rings is 2. The molecular formula is C19H15FN2O3S. The largest absolute Gasteiger partial charge is 0.456 e. The van der Waals surface area contributed by atoms with Crippen molar-refractivity contribution in [3.8, 4) is 0 Å². The zero-order chi connectivity index (χ0) is 18.5. The number of ether oxygens (including phenoxy) is 1. The van der Waals surface area contributed by atoms with Crippen molar-refractivity contribution in [1.82, 2.24) is 4.98 Å². The molecule has 0 unspecified atom stereocenters. The standard InChI is InChI=1S/C19H15FN2O3S/c1-13(23)22(17-8-3-2-4-9-17)19-21-16(12-26-19)11-25-18(24)14-6-5-7-15(20)10-14/h2-10,12H,11H2,1H3. The maximum atomic E-state index is 13.2. The molecule has 3 aromatic rings. The molecule has 0 aliphatic rings. The average Bonchev–Trinajstić information content (AvgIpc) is 3.09. The minimum atomic E-state index is -0.634. The van der Waals surface area contributed by atoms with E-state index in [9.17, 15) is 14.0 Å². The number of aromatic nitrogens is 1. The van der Waals surface area contributed by atoms with Crippen LogP contribution in [0.3, 0.4) is 0 Å². The van der Waals surface area contributed by atoms with Crippen LogP contribution in [-0.2, 0) is 16.1 Å². The van der Waals surface area contributed by atoms with Gasteiger partial charge in [-0.3, -0.25) is 9.69 Å². The van der Waals surface area contributed by atoms with Crippen LogP contribution in [0.25, 0.3) is 0 Å². The van der Waals surface area contributed by atoms with E-state index in [1.165, 1.54) is 41.4 Å². The molecule has 7 heteroatoms. The van der Waals surface area contributed by atoms with E-state index >= 15 is 0 Å². The Morgan fingerprint density at radius 2 is 1.92 bits per heavy atom. The Morgan fingerprint density at radius 3 is 2.62 bits per heavy atom. The van der Waals surface area contributed by atoms with Crippen LogP contribution >= 0.6 is 11.3 Å². The number of para-hydroxylation sites is 1. The highest BCUT2D eigenvalue weighted by molar-refractivity contribution is 7.14. The lowest BCUT2D eigenvalue weighted by Crippen LogP contribution is -2.22. The van der Waals surface area contributed by atoms with E-state index in [-0.39, 0.29) is 18.1 Å². The third kappa shape index (κ3) is 4.12. The number of esters is 1. The summed E-state index contributed by atoms with van der Waals surface area (Å²) in [7, 11) is 0. The van der Waals surface area contributed by atoms with Crippen LogP contribution in [0.1, 0.15) is 23.0 Å². The van der Waals surface area contributed by atoms with Crippen LogP contribution in [0.4, 0.5) is 15.2 Å². The highest BCUT2D eigenvalue weighted by atomic mass is 32.1. The number of thiazole rings is 1. The third-order valence-electron chi connectivity index (χ3n) is 3.47. The zero-order valence-corrected chi connectivity index (χ0v) is 14.7. The third-order valence-corrected chi connectivity index (χ3v) is 4.35. The monoisotopic (exact) mass is 370 g/mol. The van der Waals surface area contributed by atoms with Crippen LogP contribution in [0.2, 0.25) is 0 Å². The number of rotatable bonds is 5. The molecule has 3 rings (SSSR count). The van der Waals surface area contributed by atoms with Crippen LogP contribution < -0.4 is 4.90 Å². The van der Waals surface area contributed by atoms with Gasteiger partial charge in [0.15, 0.2) is 5.13 Å². The normalized spacial score (nSPS) is 10.4. The predicted octanol–water partition coefficient (Wildman–Crippen LogP) is 4.32. The van der Waals surface area contributed by atoms with Gasteiger partial charge in [0, 0.05) is 12.3 Å². The van der Waals surface area contributed by atoms with Gasteiger partial charge in [-0.05, 0) is 30.3 Å². The Morgan fingerprint density at radius 1 is 1.15 bits per heavy atom. The summed E-state index contributed by atoms with van der Waals surface area (Å²) in [5, 5.41) is 2.20. The molecular weight excluding hydrogens is 355 g/mol. The maximum Gasteiger partial charge on any atom is 0.338 e. The van der Waals surface area contributed by atoms with E-state index in [0.717, 1.165) is 6.07 Å². The molecule has 2 aromatic carbocycles. The fourth-order valence-corrected chi connectivity index (χ4v) is 3.18. The topological polar surface area (TPSA) is 59.5 Å². The molecule has 5 nitrogen and oxygen atoms in total. The minimum Gasteiger partial charge on any atom is -0.456 e. The lowest BCUT2D eigenvalue weighted by Gasteiger charge is -2.17. The quantitative estimate of drug-likeness (QED) is 0.628. The first-order valence-corrected chi connectivity index (χ1v) is 8.65. The van der Waals surface area contributed by atoms with Crippen molar-refractivity contribution in [1.29, 1.82) is 0 Å². The SMILES string of the molecule is CC(=O)N(c1ccccc1)c1nc(COC(=O)c2cccc(F)c2)cs1. The Balaban J connectivity index is 1.71. The second-order valence-electron chi connectivity index (χ2n) is 5.40. The summed E-state index contributed by atoms with van der Waals surface area (Å²) in [5.74, 6) is -1.31. The second-order valence-corrected chi connectivity index (χ2v) is 6.23. The van der Waals surface area contributed by atoms with Crippen molar-refractivity contribution >= 4 is 34.0 Å². The van der Waals surface area contributed by atoms with E-state index in [1.807, 2.05) is 30.3 Å². The molecule has 0 aliphatic carbocycles. The molecule has 0 bridgehead atoms. The van der Waals surface area contributed by atoms with Crippen molar-refractivity contribution in [2.24, 2.45) is 0 Å². The lowest BCUT2D eigenvalue weighted by molar-refractivity contribution is -0.115. The molecule has 0 saturated heterocycles. The van der Waals surface area contributed by atoms with Gasteiger partial charge in [0.05, 0.1) is 16.9 Å². The van der Waals surface area contributed by atoms with E-state index < -0.39 is 11.8 Å². The molecule has 132 valence electrons. The molecule has 0 aliphatic heterocycles. The molecule has 1 heterocycles. The number of anilines is 2. The van der Waals surface area contributed by atoms with Gasteiger partial charge in [-0.2, -0.15) is 0 Å².